The molecular formula is C21H15FIN3O2. The second-order valence-corrected chi connectivity index (χ2v) is 7.53. The van der Waals surface area contributed by atoms with Gasteiger partial charge in [-0.15, -0.1) is 0 Å². The van der Waals surface area contributed by atoms with Crippen LogP contribution in [0.5, 0.6) is 0 Å². The molecule has 2 aromatic carbocycles. The Balaban J connectivity index is 1.59. The van der Waals surface area contributed by atoms with Gasteiger partial charge in [0, 0.05) is 21.1 Å². The number of hydrogen-bond donors (Lipinski definition) is 1. The van der Waals surface area contributed by atoms with E-state index in [0.717, 1.165) is 19.9 Å². The summed E-state index contributed by atoms with van der Waals surface area (Å²) in [6.45, 7) is 0.0838. The molecule has 1 N–H and O–H groups in total. The maximum absolute atomic E-state index is 13.1. The molecule has 140 valence electrons. The van der Waals surface area contributed by atoms with Gasteiger partial charge in [0.25, 0.3) is 5.91 Å². The van der Waals surface area contributed by atoms with E-state index in [4.69, 9.17) is 0 Å². The fourth-order valence-electron chi connectivity index (χ4n) is 2.98. The summed E-state index contributed by atoms with van der Waals surface area (Å²) < 4.78 is 16.1. The van der Waals surface area contributed by atoms with Gasteiger partial charge in [0.2, 0.25) is 0 Å². The lowest BCUT2D eigenvalue weighted by atomic mass is 10.2. The quantitative estimate of drug-likeness (QED) is 0.339. The summed E-state index contributed by atoms with van der Waals surface area (Å²) in [5, 5.41) is 2.62. The topological polar surface area (TPSA) is 54.3 Å². The maximum atomic E-state index is 13.1. The van der Waals surface area contributed by atoms with Gasteiger partial charge in [-0.05, 0) is 82.8 Å². The number of amides is 3. The van der Waals surface area contributed by atoms with Gasteiger partial charge in [-0.25, -0.2) is 9.18 Å². The van der Waals surface area contributed by atoms with Crippen molar-refractivity contribution in [3.05, 3.63) is 93.2 Å². The fraction of sp³-hybridized carbons (Fsp3) is 0.0476. The van der Waals surface area contributed by atoms with Crippen molar-refractivity contribution in [2.45, 2.75) is 6.54 Å². The van der Waals surface area contributed by atoms with Crippen LogP contribution in [-0.2, 0) is 11.3 Å². The maximum Gasteiger partial charge on any atom is 0.329 e. The minimum Gasteiger partial charge on any atom is -0.317 e. The van der Waals surface area contributed by atoms with Crippen molar-refractivity contribution < 1.29 is 14.0 Å². The molecule has 0 spiro atoms. The first-order valence-corrected chi connectivity index (χ1v) is 9.61. The minimum atomic E-state index is -0.493. The van der Waals surface area contributed by atoms with Crippen molar-refractivity contribution in [3.8, 4) is 5.69 Å². The number of urea groups is 1. The van der Waals surface area contributed by atoms with Gasteiger partial charge in [-0.3, -0.25) is 9.69 Å². The Morgan fingerprint density at radius 1 is 1.00 bits per heavy atom. The minimum absolute atomic E-state index is 0.0838. The molecule has 28 heavy (non-hydrogen) atoms. The number of halogens is 2. The Kier molecular flexibility index (Phi) is 4.99. The molecule has 3 aromatic rings. The SMILES string of the molecule is O=C1N/C(=C/c2cccn2-c2ccc(I)cc2)C(=O)N1Cc1ccc(F)cc1. The fourth-order valence-corrected chi connectivity index (χ4v) is 3.34. The Morgan fingerprint density at radius 3 is 2.43 bits per heavy atom. The second kappa shape index (κ2) is 7.59. The van der Waals surface area contributed by atoms with E-state index in [-0.39, 0.29) is 18.1 Å². The number of nitrogens with zero attached hydrogens (tertiary/aromatic N) is 2. The van der Waals surface area contributed by atoms with E-state index in [0.29, 0.717) is 5.56 Å². The van der Waals surface area contributed by atoms with Crippen LogP contribution in [0.4, 0.5) is 9.18 Å². The number of rotatable bonds is 4. The molecule has 2 heterocycles. The lowest BCUT2D eigenvalue weighted by molar-refractivity contribution is -0.123. The van der Waals surface area contributed by atoms with Crippen LogP contribution in [0.1, 0.15) is 11.3 Å². The number of benzene rings is 2. The zero-order valence-electron chi connectivity index (χ0n) is 14.6. The van der Waals surface area contributed by atoms with E-state index < -0.39 is 11.9 Å². The Morgan fingerprint density at radius 2 is 1.71 bits per heavy atom. The Bertz CT molecular complexity index is 1070. The van der Waals surface area contributed by atoms with E-state index in [2.05, 4.69) is 27.9 Å². The Labute approximate surface area is 174 Å². The average molecular weight is 487 g/mol. The molecule has 1 aliphatic heterocycles. The van der Waals surface area contributed by atoms with E-state index in [1.165, 1.54) is 12.1 Å². The standard InChI is InChI=1S/C21H15FIN3O2/c22-15-5-3-14(4-6-15)13-26-20(27)19(24-21(26)28)12-18-2-1-11-25(18)17-9-7-16(23)8-10-17/h1-12H,13H2,(H,24,28)/b19-12+. The second-order valence-electron chi connectivity index (χ2n) is 6.29. The smallest absolute Gasteiger partial charge is 0.317 e. The number of nitrogens with one attached hydrogen (secondary N) is 1. The highest BCUT2D eigenvalue weighted by atomic mass is 127. The van der Waals surface area contributed by atoms with Crippen LogP contribution >= 0.6 is 22.6 Å². The number of imide groups is 1. The monoisotopic (exact) mass is 487 g/mol. The molecular weight excluding hydrogens is 472 g/mol. The van der Waals surface area contributed by atoms with Crippen molar-refractivity contribution in [3.63, 3.8) is 0 Å². The summed E-state index contributed by atoms with van der Waals surface area (Å²) in [6, 6.07) is 16.9. The average Bonchev–Trinajstić information content (AvgIpc) is 3.24. The largest absolute Gasteiger partial charge is 0.329 e. The van der Waals surface area contributed by atoms with E-state index in [1.807, 2.05) is 47.2 Å². The summed E-state index contributed by atoms with van der Waals surface area (Å²) >= 11 is 2.24. The number of carbonyl (C=O) groups is 2. The van der Waals surface area contributed by atoms with Gasteiger partial charge >= 0.3 is 6.03 Å². The third-order valence-electron chi connectivity index (χ3n) is 4.39. The van der Waals surface area contributed by atoms with E-state index in [1.54, 1.807) is 18.2 Å². The predicted octanol–water partition coefficient (Wildman–Crippen LogP) is 4.31. The molecule has 0 atom stereocenters. The molecule has 3 amide bonds. The normalized spacial score (nSPS) is 15.4. The number of hydrogen-bond acceptors (Lipinski definition) is 2. The van der Waals surface area contributed by atoms with Crippen LogP contribution in [0.25, 0.3) is 11.8 Å². The third-order valence-corrected chi connectivity index (χ3v) is 5.11. The highest BCUT2D eigenvalue weighted by molar-refractivity contribution is 14.1. The van der Waals surface area contributed by atoms with Gasteiger partial charge in [-0.2, -0.15) is 0 Å². The van der Waals surface area contributed by atoms with E-state index in [9.17, 15) is 14.0 Å². The number of aromatic nitrogens is 1. The summed E-state index contributed by atoms with van der Waals surface area (Å²) in [7, 11) is 0. The first-order chi connectivity index (χ1) is 13.5. The first kappa shape index (κ1) is 18.4. The molecule has 0 aliphatic carbocycles. The number of carbonyl (C=O) groups excluding carboxylic acids is 2. The molecule has 0 bridgehead atoms. The van der Waals surface area contributed by atoms with Crippen LogP contribution < -0.4 is 5.32 Å². The van der Waals surface area contributed by atoms with Crippen LogP contribution in [0, 0.1) is 9.39 Å². The van der Waals surface area contributed by atoms with Crippen LogP contribution in [-0.4, -0.2) is 21.4 Å². The predicted molar refractivity (Wildman–Crippen MR) is 112 cm³/mol. The highest BCUT2D eigenvalue weighted by Gasteiger charge is 2.33. The highest BCUT2D eigenvalue weighted by Crippen LogP contribution is 2.20. The van der Waals surface area contributed by atoms with Gasteiger partial charge < -0.3 is 9.88 Å². The van der Waals surface area contributed by atoms with Crippen molar-refractivity contribution in [2.24, 2.45) is 0 Å². The molecule has 5 nitrogen and oxygen atoms in total. The molecule has 1 fully saturated rings. The van der Waals surface area contributed by atoms with Gasteiger partial charge in [0.05, 0.1) is 6.54 Å². The molecule has 4 rings (SSSR count). The van der Waals surface area contributed by atoms with Crippen molar-refractivity contribution in [2.75, 3.05) is 0 Å². The van der Waals surface area contributed by atoms with Crippen molar-refractivity contribution in [1.29, 1.82) is 0 Å². The first-order valence-electron chi connectivity index (χ1n) is 8.53. The lowest BCUT2D eigenvalue weighted by Gasteiger charge is -2.11. The molecule has 0 radical (unpaired) electrons. The third kappa shape index (κ3) is 3.70. The zero-order valence-corrected chi connectivity index (χ0v) is 16.8. The van der Waals surface area contributed by atoms with Crippen LogP contribution in [0.2, 0.25) is 0 Å². The van der Waals surface area contributed by atoms with Gasteiger partial charge in [-0.1, -0.05) is 12.1 Å². The van der Waals surface area contributed by atoms with Crippen LogP contribution in [0.3, 0.4) is 0 Å². The lowest BCUT2D eigenvalue weighted by Crippen LogP contribution is -2.30. The van der Waals surface area contributed by atoms with Crippen molar-refractivity contribution >= 4 is 40.6 Å². The van der Waals surface area contributed by atoms with E-state index >= 15 is 0 Å². The summed E-state index contributed by atoms with van der Waals surface area (Å²) in [5.41, 5.74) is 2.61. The summed E-state index contributed by atoms with van der Waals surface area (Å²) in [6.07, 6.45) is 3.55. The van der Waals surface area contributed by atoms with Crippen LogP contribution in [0.15, 0.2) is 72.6 Å². The molecule has 0 saturated carbocycles. The summed E-state index contributed by atoms with van der Waals surface area (Å²) in [4.78, 5) is 26.1. The van der Waals surface area contributed by atoms with Gasteiger partial charge in [0.15, 0.2) is 0 Å². The Hall–Kier alpha value is -2.94. The molecule has 1 saturated heterocycles. The molecule has 1 aliphatic rings. The molecule has 7 heteroatoms. The molecule has 0 unspecified atom stereocenters. The van der Waals surface area contributed by atoms with Crippen molar-refractivity contribution in [1.82, 2.24) is 14.8 Å². The molecule has 1 aromatic heterocycles. The summed E-state index contributed by atoms with van der Waals surface area (Å²) in [5.74, 6) is -0.775. The van der Waals surface area contributed by atoms with Gasteiger partial charge in [0.1, 0.15) is 11.5 Å². The zero-order chi connectivity index (χ0) is 19.7.